The molecule has 2 amide bonds. The first-order chi connectivity index (χ1) is 16.3. The Kier molecular flexibility index (Phi) is 8.78. The van der Waals surface area contributed by atoms with E-state index >= 15 is 0 Å². The molecule has 1 unspecified atom stereocenters. The van der Waals surface area contributed by atoms with Gasteiger partial charge in [0, 0.05) is 23.5 Å². The molecule has 2 aromatic carbocycles. The Labute approximate surface area is 204 Å². The van der Waals surface area contributed by atoms with E-state index in [4.69, 9.17) is 14.2 Å². The third kappa shape index (κ3) is 6.88. The van der Waals surface area contributed by atoms with Gasteiger partial charge >= 0.3 is 11.3 Å². The lowest BCUT2D eigenvalue weighted by Gasteiger charge is -2.23. The van der Waals surface area contributed by atoms with Crippen molar-refractivity contribution in [2.24, 2.45) is 5.10 Å². The van der Waals surface area contributed by atoms with E-state index in [1.807, 2.05) is 56.3 Å². The summed E-state index contributed by atoms with van der Waals surface area (Å²) in [5.41, 5.74) is 3.03. The van der Waals surface area contributed by atoms with Gasteiger partial charge in [-0.05, 0) is 56.9 Å². The Bertz CT molecular complexity index is 1060. The number of rotatable bonds is 9. The normalized spacial score (nSPS) is 14.5. The SMILES string of the molecule is COc1ccc(C2=NN(Cc3cccc(NC(=O)OC(C)CN(C)C)c3)C(=O)SC2)cc1OC. The summed E-state index contributed by atoms with van der Waals surface area (Å²) in [4.78, 5) is 26.7. The number of carbonyl (C=O) groups is 2. The zero-order valence-corrected chi connectivity index (χ0v) is 20.8. The summed E-state index contributed by atoms with van der Waals surface area (Å²) in [6.07, 6.45) is -0.768. The molecule has 0 bridgehead atoms. The molecule has 1 aliphatic rings. The summed E-state index contributed by atoms with van der Waals surface area (Å²) < 4.78 is 16.1. The molecule has 0 aliphatic carbocycles. The zero-order valence-electron chi connectivity index (χ0n) is 20.0. The Hall–Kier alpha value is -3.24. The minimum Gasteiger partial charge on any atom is -0.493 e. The lowest BCUT2D eigenvalue weighted by Crippen LogP contribution is -2.30. The van der Waals surface area contributed by atoms with Crippen molar-refractivity contribution in [1.82, 2.24) is 9.91 Å². The van der Waals surface area contributed by atoms with Crippen molar-refractivity contribution < 1.29 is 23.8 Å². The van der Waals surface area contributed by atoms with Crippen LogP contribution in [0.1, 0.15) is 18.1 Å². The van der Waals surface area contributed by atoms with Crippen molar-refractivity contribution in [3.63, 3.8) is 0 Å². The second-order valence-electron chi connectivity index (χ2n) is 8.03. The first kappa shape index (κ1) is 25.4. The Morgan fingerprint density at radius 1 is 1.18 bits per heavy atom. The molecule has 0 radical (unpaired) electrons. The molecule has 1 atom stereocenters. The maximum Gasteiger partial charge on any atom is 0.411 e. The molecule has 3 rings (SSSR count). The Morgan fingerprint density at radius 3 is 2.65 bits per heavy atom. The van der Waals surface area contributed by atoms with Crippen LogP contribution in [0, 0.1) is 0 Å². The average Bonchev–Trinajstić information content (AvgIpc) is 2.79. The number of carbonyl (C=O) groups excluding carboxylic acids is 2. The predicted molar refractivity (Wildman–Crippen MR) is 134 cm³/mol. The van der Waals surface area contributed by atoms with Crippen molar-refractivity contribution in [2.75, 3.05) is 45.9 Å². The maximum absolute atomic E-state index is 12.5. The fourth-order valence-electron chi connectivity index (χ4n) is 3.48. The maximum atomic E-state index is 12.5. The third-order valence-corrected chi connectivity index (χ3v) is 5.81. The summed E-state index contributed by atoms with van der Waals surface area (Å²) in [6.45, 7) is 2.73. The van der Waals surface area contributed by atoms with Gasteiger partial charge in [0.1, 0.15) is 6.10 Å². The smallest absolute Gasteiger partial charge is 0.411 e. The number of nitrogens with zero attached hydrogens (tertiary/aromatic N) is 3. The number of likely N-dealkylation sites (N-methyl/N-ethyl adjacent to an activating group) is 1. The second-order valence-corrected chi connectivity index (χ2v) is 8.96. The molecule has 0 saturated heterocycles. The summed E-state index contributed by atoms with van der Waals surface area (Å²) in [6, 6.07) is 12.8. The summed E-state index contributed by atoms with van der Waals surface area (Å²) in [7, 11) is 6.99. The van der Waals surface area contributed by atoms with E-state index < -0.39 is 6.09 Å². The quantitative estimate of drug-likeness (QED) is 0.566. The van der Waals surface area contributed by atoms with Crippen LogP contribution in [0.25, 0.3) is 0 Å². The predicted octanol–water partition coefficient (Wildman–Crippen LogP) is 4.28. The molecule has 1 heterocycles. The van der Waals surface area contributed by atoms with Crippen LogP contribution < -0.4 is 14.8 Å². The zero-order chi connectivity index (χ0) is 24.7. The first-order valence-electron chi connectivity index (χ1n) is 10.7. The van der Waals surface area contributed by atoms with Crippen LogP contribution in [0.4, 0.5) is 15.3 Å². The number of hydrogen-bond donors (Lipinski definition) is 1. The fourth-order valence-corrected chi connectivity index (χ4v) is 4.22. The number of nitrogens with one attached hydrogen (secondary N) is 1. The van der Waals surface area contributed by atoms with Gasteiger partial charge in [-0.2, -0.15) is 5.10 Å². The number of thioether (sulfide) groups is 1. The Morgan fingerprint density at radius 2 is 1.94 bits per heavy atom. The van der Waals surface area contributed by atoms with Crippen molar-refractivity contribution in [1.29, 1.82) is 0 Å². The van der Waals surface area contributed by atoms with Gasteiger partial charge in [0.2, 0.25) is 0 Å². The van der Waals surface area contributed by atoms with E-state index in [9.17, 15) is 9.59 Å². The minimum atomic E-state index is -0.523. The minimum absolute atomic E-state index is 0.139. The van der Waals surface area contributed by atoms with Crippen LogP contribution in [0.5, 0.6) is 11.5 Å². The number of amides is 2. The first-order valence-corrected chi connectivity index (χ1v) is 11.7. The van der Waals surface area contributed by atoms with Crippen LogP contribution in [0.15, 0.2) is 47.6 Å². The molecular formula is C24H30N4O5S. The number of anilines is 1. The molecule has 0 saturated carbocycles. The summed E-state index contributed by atoms with van der Waals surface area (Å²) >= 11 is 1.19. The number of hydrogen-bond acceptors (Lipinski definition) is 8. The molecule has 1 N–H and O–H groups in total. The van der Waals surface area contributed by atoms with E-state index in [0.29, 0.717) is 29.5 Å². The largest absolute Gasteiger partial charge is 0.493 e. The van der Waals surface area contributed by atoms with Gasteiger partial charge in [0.25, 0.3) is 0 Å². The lowest BCUT2D eigenvalue weighted by molar-refractivity contribution is 0.103. The van der Waals surface area contributed by atoms with Gasteiger partial charge in [-0.1, -0.05) is 23.9 Å². The number of hydrazone groups is 1. The van der Waals surface area contributed by atoms with Crippen LogP contribution in [0.2, 0.25) is 0 Å². The highest BCUT2D eigenvalue weighted by atomic mass is 32.2. The van der Waals surface area contributed by atoms with E-state index in [2.05, 4.69) is 10.4 Å². The monoisotopic (exact) mass is 486 g/mol. The lowest BCUT2D eigenvalue weighted by atomic mass is 10.1. The molecule has 0 aromatic heterocycles. The van der Waals surface area contributed by atoms with Crippen molar-refractivity contribution in [3.8, 4) is 11.5 Å². The van der Waals surface area contributed by atoms with Crippen molar-refractivity contribution in [2.45, 2.75) is 19.6 Å². The molecule has 34 heavy (non-hydrogen) atoms. The molecule has 0 spiro atoms. The molecule has 2 aromatic rings. The molecular weight excluding hydrogens is 456 g/mol. The van der Waals surface area contributed by atoms with Crippen LogP contribution in [-0.4, -0.2) is 73.7 Å². The highest BCUT2D eigenvalue weighted by Gasteiger charge is 2.23. The highest BCUT2D eigenvalue weighted by molar-refractivity contribution is 8.14. The van der Waals surface area contributed by atoms with Gasteiger partial charge in [-0.3, -0.25) is 10.1 Å². The topological polar surface area (TPSA) is 92.7 Å². The molecule has 182 valence electrons. The highest BCUT2D eigenvalue weighted by Crippen LogP contribution is 2.30. The van der Waals surface area contributed by atoms with Gasteiger partial charge in [0.15, 0.2) is 11.5 Å². The van der Waals surface area contributed by atoms with Crippen LogP contribution in [-0.2, 0) is 11.3 Å². The van der Waals surface area contributed by atoms with Crippen molar-refractivity contribution >= 4 is 34.5 Å². The summed E-state index contributed by atoms with van der Waals surface area (Å²) in [5.74, 6) is 1.69. The number of methoxy groups -OCH3 is 2. The van der Waals surface area contributed by atoms with Gasteiger partial charge in [-0.15, -0.1) is 0 Å². The number of ether oxygens (including phenoxy) is 3. The van der Waals surface area contributed by atoms with E-state index in [0.717, 1.165) is 16.8 Å². The molecule has 1 aliphatic heterocycles. The Balaban J connectivity index is 1.71. The van der Waals surface area contributed by atoms with Crippen LogP contribution in [0.3, 0.4) is 0 Å². The van der Waals surface area contributed by atoms with E-state index in [1.165, 1.54) is 16.8 Å². The molecule has 0 fully saturated rings. The standard InChI is InChI=1S/C24H30N4O5S/c1-16(13-27(2)3)33-23(29)25-19-8-6-7-17(11-19)14-28-24(30)34-15-20(26-28)18-9-10-21(31-4)22(12-18)32-5/h6-12,16H,13-15H2,1-5H3,(H,25,29). The van der Waals surface area contributed by atoms with E-state index in [1.54, 1.807) is 26.4 Å². The fraction of sp³-hybridized carbons (Fsp3) is 0.375. The van der Waals surface area contributed by atoms with Crippen LogP contribution >= 0.6 is 11.8 Å². The number of benzene rings is 2. The van der Waals surface area contributed by atoms with Gasteiger partial charge < -0.3 is 19.1 Å². The summed E-state index contributed by atoms with van der Waals surface area (Å²) in [5, 5.41) is 8.61. The van der Waals surface area contributed by atoms with Crippen molar-refractivity contribution in [3.05, 3.63) is 53.6 Å². The molecule has 9 nitrogen and oxygen atoms in total. The van der Waals surface area contributed by atoms with E-state index in [-0.39, 0.29) is 17.9 Å². The third-order valence-electron chi connectivity index (χ3n) is 4.94. The average molecular weight is 487 g/mol. The molecule has 10 heteroatoms. The van der Waals surface area contributed by atoms with Gasteiger partial charge in [-0.25, -0.2) is 9.80 Å². The second kappa shape index (κ2) is 11.8. The van der Waals surface area contributed by atoms with Gasteiger partial charge in [0.05, 0.1) is 26.5 Å².